The highest BCUT2D eigenvalue weighted by Crippen LogP contribution is 2.16. The summed E-state index contributed by atoms with van der Waals surface area (Å²) in [7, 11) is 1.58. The molecule has 0 aliphatic heterocycles. The van der Waals surface area contributed by atoms with Crippen molar-refractivity contribution in [3.8, 4) is 5.75 Å². The summed E-state index contributed by atoms with van der Waals surface area (Å²) in [6, 6.07) is 7.70. The predicted octanol–water partition coefficient (Wildman–Crippen LogP) is 2.62. The molecule has 90 valence electrons. The van der Waals surface area contributed by atoms with E-state index in [1.54, 1.807) is 7.11 Å². The minimum Gasteiger partial charge on any atom is -0.494 e. The zero-order valence-corrected chi connectivity index (χ0v) is 10.9. The van der Waals surface area contributed by atoms with Gasteiger partial charge in [0.15, 0.2) is 0 Å². The van der Waals surface area contributed by atoms with Crippen molar-refractivity contribution in [1.29, 1.82) is 0 Å². The molecule has 0 saturated carbocycles. The second kappa shape index (κ2) is 7.65. The van der Waals surface area contributed by atoms with Crippen LogP contribution in [-0.2, 0) is 4.74 Å². The van der Waals surface area contributed by atoms with Gasteiger partial charge in [0.05, 0.1) is 19.3 Å². The lowest BCUT2D eigenvalue weighted by molar-refractivity contribution is 0.0554. The zero-order valence-electron chi connectivity index (χ0n) is 9.36. The van der Waals surface area contributed by atoms with Crippen molar-refractivity contribution in [2.45, 2.75) is 18.9 Å². The predicted molar refractivity (Wildman–Crippen MR) is 66.8 cm³/mol. The molecule has 4 heteroatoms. The third-order valence-corrected chi connectivity index (χ3v) is 2.65. The van der Waals surface area contributed by atoms with Crippen LogP contribution in [0.4, 0.5) is 0 Å². The quantitative estimate of drug-likeness (QED) is 0.784. The molecule has 0 saturated heterocycles. The first-order valence-electron chi connectivity index (χ1n) is 5.27. The van der Waals surface area contributed by atoms with E-state index >= 15 is 0 Å². The first-order chi connectivity index (χ1) is 7.72. The van der Waals surface area contributed by atoms with Gasteiger partial charge in [-0.15, -0.1) is 0 Å². The van der Waals surface area contributed by atoms with Crippen molar-refractivity contribution in [3.05, 3.63) is 28.7 Å². The fourth-order valence-electron chi connectivity index (χ4n) is 1.32. The summed E-state index contributed by atoms with van der Waals surface area (Å²) in [6.07, 6.45) is 1.13. The lowest BCUT2D eigenvalue weighted by atomic mass is 10.2. The van der Waals surface area contributed by atoms with Crippen molar-refractivity contribution >= 4 is 15.9 Å². The van der Waals surface area contributed by atoms with Gasteiger partial charge in [-0.1, -0.05) is 15.9 Å². The molecule has 1 N–H and O–H groups in total. The maximum atomic E-state index is 9.40. The summed E-state index contributed by atoms with van der Waals surface area (Å²) in [4.78, 5) is 0. The first kappa shape index (κ1) is 13.5. The number of hydrogen-bond donors (Lipinski definition) is 1. The van der Waals surface area contributed by atoms with Gasteiger partial charge < -0.3 is 14.6 Å². The average molecular weight is 289 g/mol. The second-order valence-corrected chi connectivity index (χ2v) is 4.47. The molecule has 16 heavy (non-hydrogen) atoms. The molecule has 0 aliphatic rings. The molecule has 3 nitrogen and oxygen atoms in total. The maximum absolute atomic E-state index is 9.40. The van der Waals surface area contributed by atoms with Crippen LogP contribution in [0, 0.1) is 0 Å². The van der Waals surface area contributed by atoms with Gasteiger partial charge in [-0.3, -0.25) is 0 Å². The van der Waals surface area contributed by atoms with E-state index < -0.39 is 6.10 Å². The lowest BCUT2D eigenvalue weighted by Gasteiger charge is -2.10. The van der Waals surface area contributed by atoms with E-state index in [1.165, 1.54) is 0 Å². The van der Waals surface area contributed by atoms with Crippen molar-refractivity contribution in [1.82, 2.24) is 0 Å². The number of hydrogen-bond acceptors (Lipinski definition) is 3. The number of aliphatic hydroxyl groups excluding tert-OH is 1. The molecule has 0 fully saturated rings. The van der Waals surface area contributed by atoms with Gasteiger partial charge in [-0.05, 0) is 37.1 Å². The van der Waals surface area contributed by atoms with Gasteiger partial charge >= 0.3 is 0 Å². The standard InChI is InChI=1S/C12H17BrO3/c1-15-9-11(14)3-2-8-16-12-6-4-10(13)5-7-12/h4-7,11,14H,2-3,8-9H2,1H3. The van der Waals surface area contributed by atoms with Gasteiger partial charge in [0.1, 0.15) is 5.75 Å². The largest absolute Gasteiger partial charge is 0.494 e. The smallest absolute Gasteiger partial charge is 0.119 e. The molecule has 1 atom stereocenters. The number of halogens is 1. The van der Waals surface area contributed by atoms with E-state index in [4.69, 9.17) is 9.47 Å². The Kier molecular flexibility index (Phi) is 6.45. The monoisotopic (exact) mass is 288 g/mol. The number of rotatable bonds is 7. The summed E-state index contributed by atoms with van der Waals surface area (Å²) in [5.74, 6) is 0.851. The molecular formula is C12H17BrO3. The number of ether oxygens (including phenoxy) is 2. The van der Waals surface area contributed by atoms with Crippen LogP contribution in [0.2, 0.25) is 0 Å². The van der Waals surface area contributed by atoms with Crippen LogP contribution in [0.15, 0.2) is 28.7 Å². The minimum absolute atomic E-state index is 0.387. The van der Waals surface area contributed by atoms with Gasteiger partial charge in [-0.25, -0.2) is 0 Å². The van der Waals surface area contributed by atoms with E-state index in [9.17, 15) is 5.11 Å². The van der Waals surface area contributed by atoms with E-state index in [1.807, 2.05) is 24.3 Å². The Hall–Kier alpha value is -0.580. The van der Waals surface area contributed by atoms with Crippen LogP contribution in [0.5, 0.6) is 5.75 Å². The highest BCUT2D eigenvalue weighted by atomic mass is 79.9. The number of aliphatic hydroxyl groups is 1. The summed E-state index contributed by atoms with van der Waals surface area (Å²) in [5, 5.41) is 9.40. The Labute approximate surface area is 105 Å². The van der Waals surface area contributed by atoms with E-state index in [0.717, 1.165) is 16.6 Å². The topological polar surface area (TPSA) is 38.7 Å². The SMILES string of the molecule is COCC(O)CCCOc1ccc(Br)cc1. The molecule has 0 radical (unpaired) electrons. The Bertz CT molecular complexity index is 287. The van der Waals surface area contributed by atoms with Crippen LogP contribution >= 0.6 is 15.9 Å². The van der Waals surface area contributed by atoms with Gasteiger partial charge in [0.2, 0.25) is 0 Å². The lowest BCUT2D eigenvalue weighted by Crippen LogP contribution is -2.14. The van der Waals surface area contributed by atoms with Crippen molar-refractivity contribution in [3.63, 3.8) is 0 Å². The third-order valence-electron chi connectivity index (χ3n) is 2.12. The fourth-order valence-corrected chi connectivity index (χ4v) is 1.58. The van der Waals surface area contributed by atoms with E-state index in [0.29, 0.717) is 19.6 Å². The van der Waals surface area contributed by atoms with Crippen molar-refractivity contribution in [2.75, 3.05) is 20.3 Å². The third kappa shape index (κ3) is 5.49. The number of benzene rings is 1. The zero-order chi connectivity index (χ0) is 11.8. The van der Waals surface area contributed by atoms with Crippen LogP contribution < -0.4 is 4.74 Å². The van der Waals surface area contributed by atoms with Gasteiger partial charge in [0.25, 0.3) is 0 Å². The van der Waals surface area contributed by atoms with Crippen LogP contribution in [-0.4, -0.2) is 31.5 Å². The molecule has 0 aromatic heterocycles. The molecule has 0 bridgehead atoms. The van der Waals surface area contributed by atoms with Crippen molar-refractivity contribution in [2.24, 2.45) is 0 Å². The molecule has 0 aliphatic carbocycles. The van der Waals surface area contributed by atoms with Gasteiger partial charge in [0, 0.05) is 11.6 Å². The van der Waals surface area contributed by atoms with E-state index in [2.05, 4.69) is 15.9 Å². The highest BCUT2D eigenvalue weighted by molar-refractivity contribution is 9.10. The summed E-state index contributed by atoms with van der Waals surface area (Å²) >= 11 is 3.36. The molecule has 1 rings (SSSR count). The summed E-state index contributed by atoms with van der Waals surface area (Å²) in [5.41, 5.74) is 0. The Balaban J connectivity index is 2.13. The maximum Gasteiger partial charge on any atom is 0.119 e. The van der Waals surface area contributed by atoms with Crippen LogP contribution in [0.3, 0.4) is 0 Å². The minimum atomic E-state index is -0.390. The normalized spacial score (nSPS) is 12.4. The molecule has 0 spiro atoms. The molecule has 1 aromatic rings. The van der Waals surface area contributed by atoms with Crippen molar-refractivity contribution < 1.29 is 14.6 Å². The fraction of sp³-hybridized carbons (Fsp3) is 0.500. The van der Waals surface area contributed by atoms with Crippen LogP contribution in [0.25, 0.3) is 0 Å². The van der Waals surface area contributed by atoms with Gasteiger partial charge in [-0.2, -0.15) is 0 Å². The average Bonchev–Trinajstić information content (AvgIpc) is 2.27. The van der Waals surface area contributed by atoms with Crippen LogP contribution in [0.1, 0.15) is 12.8 Å². The molecule has 0 amide bonds. The molecule has 0 heterocycles. The highest BCUT2D eigenvalue weighted by Gasteiger charge is 2.02. The number of methoxy groups -OCH3 is 1. The molecule has 1 unspecified atom stereocenters. The summed E-state index contributed by atoms with van der Waals surface area (Å²) < 4.78 is 11.4. The summed E-state index contributed by atoms with van der Waals surface area (Å²) in [6.45, 7) is 1.00. The molecular weight excluding hydrogens is 272 g/mol. The Morgan fingerprint density at radius 1 is 1.31 bits per heavy atom. The Morgan fingerprint density at radius 2 is 2.00 bits per heavy atom. The molecule has 1 aromatic carbocycles. The Morgan fingerprint density at radius 3 is 2.62 bits per heavy atom. The second-order valence-electron chi connectivity index (χ2n) is 3.55. The first-order valence-corrected chi connectivity index (χ1v) is 6.07. The van der Waals surface area contributed by atoms with E-state index in [-0.39, 0.29) is 0 Å².